The molecule has 1 N–H and O–H groups in total. The third-order valence-corrected chi connectivity index (χ3v) is 3.81. The molecule has 100 valence electrons. The highest BCUT2D eigenvalue weighted by Crippen LogP contribution is 2.38. The smallest absolute Gasteiger partial charge is 0.328 e. The molecule has 0 aromatic carbocycles. The zero-order valence-corrected chi connectivity index (χ0v) is 11.1. The van der Waals surface area contributed by atoms with Crippen LogP contribution in [0, 0.1) is 5.92 Å². The first kappa shape index (κ1) is 13.1. The highest BCUT2D eigenvalue weighted by Gasteiger charge is 2.41. The van der Waals surface area contributed by atoms with Crippen LogP contribution in [0.4, 0.5) is 0 Å². The molecule has 2 unspecified atom stereocenters. The summed E-state index contributed by atoms with van der Waals surface area (Å²) in [7, 11) is 0. The highest BCUT2D eigenvalue weighted by atomic mass is 16.4. The fraction of sp³-hybridized carbons (Fsp3) is 0.714. The molecule has 4 heteroatoms. The van der Waals surface area contributed by atoms with Gasteiger partial charge in [-0.2, -0.15) is 0 Å². The number of rotatable bonds is 3. The minimum Gasteiger partial charge on any atom is -0.478 e. The van der Waals surface area contributed by atoms with Crippen LogP contribution in [0.1, 0.15) is 46.0 Å². The zero-order chi connectivity index (χ0) is 13.3. The van der Waals surface area contributed by atoms with Crippen LogP contribution in [0.15, 0.2) is 11.6 Å². The SMILES string of the molecule is CC(C)CC(=O)N1C2CCC1CC(=CC(=O)O)C2. The number of nitrogens with zero attached hydrogens (tertiary/aromatic N) is 1. The van der Waals surface area contributed by atoms with E-state index in [0.717, 1.165) is 31.3 Å². The summed E-state index contributed by atoms with van der Waals surface area (Å²) in [5.41, 5.74) is 0.989. The van der Waals surface area contributed by atoms with Gasteiger partial charge in [-0.1, -0.05) is 19.4 Å². The Morgan fingerprint density at radius 2 is 1.89 bits per heavy atom. The molecule has 2 heterocycles. The number of carbonyl (C=O) groups excluding carboxylic acids is 1. The van der Waals surface area contributed by atoms with E-state index in [0.29, 0.717) is 12.3 Å². The van der Waals surface area contributed by atoms with Gasteiger partial charge in [0.2, 0.25) is 5.91 Å². The quantitative estimate of drug-likeness (QED) is 0.782. The number of hydrogen-bond acceptors (Lipinski definition) is 2. The zero-order valence-electron chi connectivity index (χ0n) is 11.1. The first-order valence-corrected chi connectivity index (χ1v) is 6.71. The highest BCUT2D eigenvalue weighted by molar-refractivity contribution is 5.81. The van der Waals surface area contributed by atoms with Crippen molar-refractivity contribution < 1.29 is 14.7 Å². The molecule has 0 aromatic heterocycles. The summed E-state index contributed by atoms with van der Waals surface area (Å²) in [6, 6.07) is 0.473. The lowest BCUT2D eigenvalue weighted by Gasteiger charge is -2.36. The molecular formula is C14H21NO3. The first-order chi connectivity index (χ1) is 8.47. The molecule has 18 heavy (non-hydrogen) atoms. The summed E-state index contributed by atoms with van der Waals surface area (Å²) in [4.78, 5) is 24.9. The van der Waals surface area contributed by atoms with E-state index in [1.165, 1.54) is 6.08 Å². The van der Waals surface area contributed by atoms with Crippen LogP contribution >= 0.6 is 0 Å². The Labute approximate surface area is 108 Å². The molecule has 2 bridgehead atoms. The molecule has 0 spiro atoms. The van der Waals surface area contributed by atoms with Gasteiger partial charge >= 0.3 is 5.97 Å². The van der Waals surface area contributed by atoms with E-state index >= 15 is 0 Å². The van der Waals surface area contributed by atoms with Crippen molar-refractivity contribution in [3.63, 3.8) is 0 Å². The van der Waals surface area contributed by atoms with Crippen LogP contribution in [0.5, 0.6) is 0 Å². The van der Waals surface area contributed by atoms with Crippen molar-refractivity contribution in [1.29, 1.82) is 0 Å². The van der Waals surface area contributed by atoms with Gasteiger partial charge in [-0.3, -0.25) is 4.79 Å². The summed E-state index contributed by atoms with van der Waals surface area (Å²) in [6.45, 7) is 4.11. The minimum atomic E-state index is -0.869. The number of carboxylic acids is 1. The average molecular weight is 251 g/mol. The monoisotopic (exact) mass is 251 g/mol. The number of piperidine rings is 1. The van der Waals surface area contributed by atoms with Gasteiger partial charge in [0.1, 0.15) is 0 Å². The third-order valence-electron chi connectivity index (χ3n) is 3.81. The molecule has 4 nitrogen and oxygen atoms in total. The van der Waals surface area contributed by atoms with Crippen LogP contribution in [0.25, 0.3) is 0 Å². The van der Waals surface area contributed by atoms with Crippen LogP contribution in [-0.4, -0.2) is 34.0 Å². The van der Waals surface area contributed by atoms with E-state index < -0.39 is 5.97 Å². The second-order valence-corrected chi connectivity index (χ2v) is 5.83. The van der Waals surface area contributed by atoms with Gasteiger partial charge in [-0.15, -0.1) is 0 Å². The Morgan fingerprint density at radius 3 is 2.33 bits per heavy atom. The summed E-state index contributed by atoms with van der Waals surface area (Å²) in [6.07, 6.45) is 5.46. The maximum absolute atomic E-state index is 12.2. The lowest BCUT2D eigenvalue weighted by molar-refractivity contribution is -0.135. The Morgan fingerprint density at radius 1 is 1.33 bits per heavy atom. The molecule has 2 atom stereocenters. The largest absolute Gasteiger partial charge is 0.478 e. The number of aliphatic carboxylic acids is 1. The molecule has 0 aliphatic carbocycles. The second kappa shape index (κ2) is 5.12. The van der Waals surface area contributed by atoms with Gasteiger partial charge in [-0.05, 0) is 31.6 Å². The minimum absolute atomic E-state index is 0.237. The standard InChI is InChI=1S/C14H21NO3/c1-9(2)5-13(16)15-11-3-4-12(15)7-10(6-11)8-14(17)18/h8-9,11-12H,3-7H2,1-2H3,(H,17,18). The summed E-state index contributed by atoms with van der Waals surface area (Å²) in [5.74, 6) is -0.244. The Bertz CT molecular complexity index is 371. The first-order valence-electron chi connectivity index (χ1n) is 6.71. The Balaban J connectivity index is 2.06. The van der Waals surface area contributed by atoms with E-state index in [4.69, 9.17) is 5.11 Å². The lowest BCUT2D eigenvalue weighted by Crippen LogP contribution is -2.45. The molecule has 2 aliphatic rings. The van der Waals surface area contributed by atoms with Crippen LogP contribution in [0.3, 0.4) is 0 Å². The molecule has 0 saturated carbocycles. The van der Waals surface area contributed by atoms with Gasteiger partial charge in [0, 0.05) is 24.6 Å². The van der Waals surface area contributed by atoms with Crippen LogP contribution in [0.2, 0.25) is 0 Å². The average Bonchev–Trinajstić information content (AvgIpc) is 2.49. The maximum Gasteiger partial charge on any atom is 0.328 e. The van der Waals surface area contributed by atoms with E-state index in [9.17, 15) is 9.59 Å². The third kappa shape index (κ3) is 2.74. The van der Waals surface area contributed by atoms with E-state index in [-0.39, 0.29) is 18.0 Å². The topological polar surface area (TPSA) is 57.6 Å². The molecule has 0 aromatic rings. The molecule has 2 aliphatic heterocycles. The Kier molecular flexibility index (Phi) is 3.73. The normalized spacial score (nSPS) is 26.6. The van der Waals surface area contributed by atoms with Gasteiger partial charge in [0.15, 0.2) is 0 Å². The van der Waals surface area contributed by atoms with Crippen molar-refractivity contribution in [1.82, 2.24) is 4.90 Å². The number of fused-ring (bicyclic) bond motifs is 2. The molecule has 2 fully saturated rings. The molecule has 1 amide bonds. The maximum atomic E-state index is 12.2. The second-order valence-electron chi connectivity index (χ2n) is 5.83. The predicted molar refractivity (Wildman–Crippen MR) is 68.1 cm³/mol. The van der Waals surface area contributed by atoms with Crippen molar-refractivity contribution in [2.75, 3.05) is 0 Å². The summed E-state index contributed by atoms with van der Waals surface area (Å²) >= 11 is 0. The predicted octanol–water partition coefficient (Wildman–Crippen LogP) is 2.20. The van der Waals surface area contributed by atoms with Gasteiger partial charge in [-0.25, -0.2) is 4.79 Å². The fourth-order valence-electron chi connectivity index (χ4n) is 3.20. The molecular weight excluding hydrogens is 230 g/mol. The van der Waals surface area contributed by atoms with Crippen molar-refractivity contribution in [2.24, 2.45) is 5.92 Å². The lowest BCUT2D eigenvalue weighted by atomic mass is 9.95. The van der Waals surface area contributed by atoms with Crippen molar-refractivity contribution >= 4 is 11.9 Å². The number of hydrogen-bond donors (Lipinski definition) is 1. The van der Waals surface area contributed by atoms with Crippen molar-refractivity contribution in [2.45, 2.75) is 58.0 Å². The van der Waals surface area contributed by atoms with Crippen molar-refractivity contribution in [3.8, 4) is 0 Å². The fourth-order valence-corrected chi connectivity index (χ4v) is 3.20. The summed E-state index contributed by atoms with van der Waals surface area (Å²) in [5, 5.41) is 8.80. The summed E-state index contributed by atoms with van der Waals surface area (Å²) < 4.78 is 0. The molecule has 0 radical (unpaired) electrons. The van der Waals surface area contributed by atoms with Crippen LogP contribution < -0.4 is 0 Å². The number of amides is 1. The van der Waals surface area contributed by atoms with Gasteiger partial charge in [0.25, 0.3) is 0 Å². The Hall–Kier alpha value is -1.32. The number of carbonyl (C=O) groups is 2. The molecule has 2 rings (SSSR count). The van der Waals surface area contributed by atoms with Gasteiger partial charge < -0.3 is 10.0 Å². The molecule has 2 saturated heterocycles. The van der Waals surface area contributed by atoms with E-state index in [2.05, 4.69) is 13.8 Å². The van der Waals surface area contributed by atoms with E-state index in [1.54, 1.807) is 0 Å². The van der Waals surface area contributed by atoms with Gasteiger partial charge in [0.05, 0.1) is 0 Å². The number of carboxylic acid groups (broad SMARTS) is 1. The van der Waals surface area contributed by atoms with Crippen LogP contribution in [-0.2, 0) is 9.59 Å². The van der Waals surface area contributed by atoms with E-state index in [1.807, 2.05) is 4.90 Å². The van der Waals surface area contributed by atoms with Crippen molar-refractivity contribution in [3.05, 3.63) is 11.6 Å².